The van der Waals surface area contributed by atoms with E-state index in [-0.39, 0.29) is 24.3 Å². The van der Waals surface area contributed by atoms with Crippen LogP contribution in [0.3, 0.4) is 0 Å². The number of rotatable bonds is 6. The molecule has 0 aromatic heterocycles. The summed E-state index contributed by atoms with van der Waals surface area (Å²) in [5.74, 6) is 1.30. The van der Waals surface area contributed by atoms with E-state index in [1.165, 1.54) is 12.1 Å². The number of alkyl halides is 3. The molecule has 1 atom stereocenters. The van der Waals surface area contributed by atoms with Crippen molar-refractivity contribution in [3.63, 3.8) is 0 Å². The summed E-state index contributed by atoms with van der Waals surface area (Å²) in [4.78, 5) is 14.4. The van der Waals surface area contributed by atoms with Crippen LogP contribution in [0.1, 0.15) is 30.0 Å². The molecule has 1 fully saturated rings. The van der Waals surface area contributed by atoms with Crippen molar-refractivity contribution in [3.05, 3.63) is 53.6 Å². The first kappa shape index (κ1) is 20.8. The molecule has 0 spiro atoms. The number of hydrogen-bond donors (Lipinski definition) is 0. The summed E-state index contributed by atoms with van der Waals surface area (Å²) in [6.45, 7) is 0.314. The predicted molar refractivity (Wildman–Crippen MR) is 100 cm³/mol. The van der Waals surface area contributed by atoms with Gasteiger partial charge in [-0.1, -0.05) is 0 Å². The van der Waals surface area contributed by atoms with E-state index in [0.717, 1.165) is 30.5 Å². The van der Waals surface area contributed by atoms with Crippen molar-refractivity contribution in [1.82, 2.24) is 4.90 Å². The van der Waals surface area contributed by atoms with E-state index in [2.05, 4.69) is 0 Å². The number of benzene rings is 2. The van der Waals surface area contributed by atoms with Gasteiger partial charge < -0.3 is 19.1 Å². The van der Waals surface area contributed by atoms with E-state index in [9.17, 15) is 18.0 Å². The van der Waals surface area contributed by atoms with Gasteiger partial charge in [0.25, 0.3) is 5.91 Å². The third-order valence-corrected chi connectivity index (χ3v) is 4.91. The summed E-state index contributed by atoms with van der Waals surface area (Å²) >= 11 is 0. The van der Waals surface area contributed by atoms with E-state index >= 15 is 0 Å². The molecule has 1 aliphatic heterocycles. The molecule has 0 aliphatic carbocycles. The zero-order valence-electron chi connectivity index (χ0n) is 16.2. The van der Waals surface area contributed by atoms with Gasteiger partial charge >= 0.3 is 6.18 Å². The summed E-state index contributed by atoms with van der Waals surface area (Å²) in [5, 5.41) is 0. The lowest BCUT2D eigenvalue weighted by Gasteiger charge is -2.26. The lowest BCUT2D eigenvalue weighted by Crippen LogP contribution is -2.34. The number of likely N-dealkylation sites (tertiary alicyclic amines) is 1. The quantitative estimate of drug-likeness (QED) is 0.707. The molecular formula is C21H22F3NO4. The molecule has 1 saturated heterocycles. The van der Waals surface area contributed by atoms with E-state index in [1.54, 1.807) is 31.3 Å². The van der Waals surface area contributed by atoms with E-state index in [1.807, 2.05) is 6.07 Å². The predicted octanol–water partition coefficient (Wildman–Crippen LogP) is 4.47. The van der Waals surface area contributed by atoms with Crippen LogP contribution >= 0.6 is 0 Å². The zero-order chi connectivity index (χ0) is 21.0. The maximum atomic E-state index is 12.7. The van der Waals surface area contributed by atoms with Gasteiger partial charge in [-0.25, -0.2) is 0 Å². The number of halogens is 3. The molecule has 156 valence electrons. The second-order valence-corrected chi connectivity index (χ2v) is 6.66. The molecule has 1 amide bonds. The third-order valence-electron chi connectivity index (χ3n) is 4.91. The fourth-order valence-corrected chi connectivity index (χ4v) is 3.46. The topological polar surface area (TPSA) is 48.0 Å². The van der Waals surface area contributed by atoms with Crippen molar-refractivity contribution in [1.29, 1.82) is 0 Å². The zero-order valence-corrected chi connectivity index (χ0v) is 16.2. The van der Waals surface area contributed by atoms with Crippen LogP contribution in [0, 0.1) is 0 Å². The van der Waals surface area contributed by atoms with Gasteiger partial charge in [0.1, 0.15) is 17.2 Å². The van der Waals surface area contributed by atoms with Gasteiger partial charge in [0.15, 0.2) is 6.61 Å². The van der Waals surface area contributed by atoms with Gasteiger partial charge in [-0.15, -0.1) is 0 Å². The molecule has 2 aromatic rings. The Labute approximate surface area is 167 Å². The first-order valence-corrected chi connectivity index (χ1v) is 9.15. The minimum atomic E-state index is -4.41. The second-order valence-electron chi connectivity index (χ2n) is 6.66. The Morgan fingerprint density at radius 3 is 2.38 bits per heavy atom. The van der Waals surface area contributed by atoms with Crippen LogP contribution < -0.4 is 14.2 Å². The van der Waals surface area contributed by atoms with Crippen molar-refractivity contribution in [3.8, 4) is 17.2 Å². The molecule has 1 aliphatic rings. The molecule has 0 saturated carbocycles. The highest BCUT2D eigenvalue weighted by molar-refractivity contribution is 5.78. The Morgan fingerprint density at radius 1 is 1.07 bits per heavy atom. The maximum absolute atomic E-state index is 12.7. The molecule has 29 heavy (non-hydrogen) atoms. The lowest BCUT2D eigenvalue weighted by atomic mass is 10.0. The van der Waals surface area contributed by atoms with Gasteiger partial charge in [0.05, 0.1) is 25.8 Å². The number of nitrogens with zero attached hydrogens (tertiary/aromatic N) is 1. The Hall–Kier alpha value is -2.90. The fraction of sp³-hybridized carbons (Fsp3) is 0.381. The number of hydrogen-bond acceptors (Lipinski definition) is 4. The molecule has 5 nitrogen and oxygen atoms in total. The highest BCUT2D eigenvalue weighted by Crippen LogP contribution is 2.39. The average Bonchev–Trinajstić information content (AvgIpc) is 3.21. The van der Waals surface area contributed by atoms with Crippen LogP contribution in [0.5, 0.6) is 17.2 Å². The minimum absolute atomic E-state index is 0.177. The van der Waals surface area contributed by atoms with Gasteiger partial charge in [0.2, 0.25) is 0 Å². The van der Waals surface area contributed by atoms with Crippen LogP contribution in [0.25, 0.3) is 0 Å². The Kier molecular flexibility index (Phi) is 6.20. The standard InChI is InChI=1S/C21H22F3NO4/c1-27-16-9-10-19(28-2)17(12-16)18-4-3-11-25(18)20(26)13-29-15-7-5-14(6-8-15)21(22,23)24/h5-10,12,18H,3-4,11,13H2,1-2H3/t18-/m1/s1. The number of amides is 1. The monoisotopic (exact) mass is 409 g/mol. The Bertz CT molecular complexity index is 852. The van der Waals surface area contributed by atoms with Gasteiger partial charge in [-0.3, -0.25) is 4.79 Å². The average molecular weight is 409 g/mol. The molecule has 0 bridgehead atoms. The van der Waals surface area contributed by atoms with Gasteiger partial charge in [-0.2, -0.15) is 13.2 Å². The van der Waals surface area contributed by atoms with Crippen molar-refractivity contribution >= 4 is 5.91 Å². The first-order chi connectivity index (χ1) is 13.8. The third kappa shape index (κ3) is 4.75. The summed E-state index contributed by atoms with van der Waals surface area (Å²) < 4.78 is 54.1. The highest BCUT2D eigenvalue weighted by Gasteiger charge is 2.33. The van der Waals surface area contributed by atoms with Crippen LogP contribution in [-0.2, 0) is 11.0 Å². The van der Waals surface area contributed by atoms with Crippen LogP contribution in [-0.4, -0.2) is 38.2 Å². The van der Waals surface area contributed by atoms with Crippen LogP contribution in [0.15, 0.2) is 42.5 Å². The molecule has 0 radical (unpaired) electrons. The van der Waals surface area contributed by atoms with Crippen LogP contribution in [0.4, 0.5) is 13.2 Å². The number of ether oxygens (including phenoxy) is 3. The molecule has 0 unspecified atom stereocenters. The number of carbonyl (C=O) groups excluding carboxylic acids is 1. The van der Waals surface area contributed by atoms with Crippen molar-refractivity contribution < 1.29 is 32.2 Å². The fourth-order valence-electron chi connectivity index (χ4n) is 3.46. The minimum Gasteiger partial charge on any atom is -0.497 e. The Morgan fingerprint density at radius 2 is 1.76 bits per heavy atom. The van der Waals surface area contributed by atoms with E-state index in [0.29, 0.717) is 18.0 Å². The Balaban J connectivity index is 1.69. The van der Waals surface area contributed by atoms with E-state index < -0.39 is 11.7 Å². The van der Waals surface area contributed by atoms with Gasteiger partial charge in [-0.05, 0) is 55.3 Å². The molecule has 3 rings (SSSR count). The molecule has 2 aromatic carbocycles. The summed E-state index contributed by atoms with van der Waals surface area (Å²) in [5.41, 5.74) is 0.0909. The highest BCUT2D eigenvalue weighted by atomic mass is 19.4. The summed E-state index contributed by atoms with van der Waals surface area (Å²) in [6.07, 6.45) is -2.81. The molecular weight excluding hydrogens is 387 g/mol. The first-order valence-electron chi connectivity index (χ1n) is 9.15. The normalized spacial score (nSPS) is 16.6. The second kappa shape index (κ2) is 8.63. The SMILES string of the molecule is COc1ccc(OC)c([C@H]2CCCN2C(=O)COc2ccc(C(F)(F)F)cc2)c1. The smallest absolute Gasteiger partial charge is 0.416 e. The van der Waals surface area contributed by atoms with Crippen molar-refractivity contribution in [2.45, 2.75) is 25.1 Å². The van der Waals surface area contributed by atoms with Crippen molar-refractivity contribution in [2.24, 2.45) is 0 Å². The number of carbonyl (C=O) groups is 1. The molecule has 8 heteroatoms. The maximum Gasteiger partial charge on any atom is 0.416 e. The summed E-state index contributed by atoms with van der Waals surface area (Å²) in [6, 6.07) is 9.55. The van der Waals surface area contributed by atoms with Crippen molar-refractivity contribution in [2.75, 3.05) is 27.4 Å². The summed E-state index contributed by atoms with van der Waals surface area (Å²) in [7, 11) is 3.14. The van der Waals surface area contributed by atoms with Gasteiger partial charge in [0, 0.05) is 12.1 Å². The molecule has 0 N–H and O–H groups in total. The lowest BCUT2D eigenvalue weighted by molar-refractivity contribution is -0.138. The molecule has 1 heterocycles. The number of methoxy groups -OCH3 is 2. The van der Waals surface area contributed by atoms with Crippen LogP contribution in [0.2, 0.25) is 0 Å². The van der Waals surface area contributed by atoms with E-state index in [4.69, 9.17) is 14.2 Å². The largest absolute Gasteiger partial charge is 0.497 e.